The molecule has 1 unspecified atom stereocenters. The molecule has 0 aliphatic carbocycles. The van der Waals surface area contributed by atoms with Crippen molar-refractivity contribution in [3.63, 3.8) is 0 Å². The predicted octanol–water partition coefficient (Wildman–Crippen LogP) is 20.1. The van der Waals surface area contributed by atoms with E-state index < -0.39 is 6.10 Å². The summed E-state index contributed by atoms with van der Waals surface area (Å²) in [4.78, 5) is 38.2. The molecule has 406 valence electrons. The van der Waals surface area contributed by atoms with Crippen LogP contribution in [0.4, 0.5) is 0 Å². The van der Waals surface area contributed by atoms with E-state index in [1.807, 2.05) is 0 Å². The van der Waals surface area contributed by atoms with E-state index in [4.69, 9.17) is 14.2 Å². The molecule has 0 aromatic carbocycles. The van der Waals surface area contributed by atoms with Gasteiger partial charge in [0.05, 0.1) is 0 Å². The molecule has 0 heterocycles. The summed E-state index contributed by atoms with van der Waals surface area (Å²) in [5, 5.41) is 0. The maximum absolute atomic E-state index is 12.9. The highest BCUT2D eigenvalue weighted by atomic mass is 16.6. The van der Waals surface area contributed by atoms with Crippen molar-refractivity contribution in [2.45, 2.75) is 284 Å². The van der Waals surface area contributed by atoms with E-state index in [0.29, 0.717) is 19.3 Å². The highest BCUT2D eigenvalue weighted by Gasteiger charge is 2.19. The monoisotopic (exact) mass is 987 g/mol. The minimum absolute atomic E-state index is 0.103. The largest absolute Gasteiger partial charge is 0.462 e. The minimum atomic E-state index is -0.811. The third-order valence-corrected chi connectivity index (χ3v) is 12.5. The van der Waals surface area contributed by atoms with Crippen molar-refractivity contribution < 1.29 is 28.6 Å². The third kappa shape index (κ3) is 57.1. The lowest BCUT2D eigenvalue weighted by Crippen LogP contribution is -2.30. The Morgan fingerprint density at radius 2 is 0.563 bits per heavy atom. The van der Waals surface area contributed by atoms with Gasteiger partial charge in [0.25, 0.3) is 0 Å². The standard InChI is InChI=1S/C65H110O6/c1-4-7-10-13-16-19-22-25-28-31-32-35-37-40-43-46-49-52-55-58-64(67)70-61-62(71-65(68)59-56-53-50-47-44-41-38-34-30-27-24-21-18-15-12-9-6-3)60-69-63(66)57-54-51-48-45-42-39-36-33-29-26-23-20-17-14-11-8-5-2/h7,10,16-17,19-20,25-30,38,41,47,50,62H,4-6,8-9,11-15,18,21-24,31-37,39-40,42-46,48-49,51-61H2,1-3H3/b10-7-,19-16-,20-17-,28-25-,29-26-,30-27-,41-38-,50-47-. The predicted molar refractivity (Wildman–Crippen MR) is 307 cm³/mol. The lowest BCUT2D eigenvalue weighted by Gasteiger charge is -2.18. The fraction of sp³-hybridized carbons (Fsp3) is 0.708. The molecule has 0 saturated heterocycles. The van der Waals surface area contributed by atoms with Gasteiger partial charge in [-0.1, -0.05) is 240 Å². The molecule has 0 saturated carbocycles. The molecule has 1 atom stereocenters. The Bertz CT molecular complexity index is 1410. The second-order valence-corrected chi connectivity index (χ2v) is 19.5. The number of esters is 3. The summed E-state index contributed by atoms with van der Waals surface area (Å²) < 4.78 is 16.8. The fourth-order valence-corrected chi connectivity index (χ4v) is 8.09. The SMILES string of the molecule is CC/C=C\C/C=C\C/C=C\CCCCCCCCCCCC(=O)OCC(COC(=O)CCCCCCCCC/C=C\C/C=C\CCCCC)OC(=O)CCC/C=C\C/C=C\C/C=C\CCCCCCCC. The van der Waals surface area contributed by atoms with Gasteiger partial charge in [-0.05, 0) is 116 Å². The van der Waals surface area contributed by atoms with E-state index in [1.165, 1.54) is 141 Å². The number of carbonyl (C=O) groups is 3. The molecule has 0 amide bonds. The van der Waals surface area contributed by atoms with Crippen LogP contribution in [0, 0.1) is 0 Å². The van der Waals surface area contributed by atoms with Crippen molar-refractivity contribution in [2.75, 3.05) is 13.2 Å². The Morgan fingerprint density at radius 3 is 0.930 bits per heavy atom. The molecule has 71 heavy (non-hydrogen) atoms. The summed E-state index contributed by atoms with van der Waals surface area (Å²) in [6.07, 6.45) is 78.3. The molecule has 0 rings (SSSR count). The Kier molecular flexibility index (Phi) is 55.9. The van der Waals surface area contributed by atoms with Gasteiger partial charge in [0, 0.05) is 19.3 Å². The molecule has 0 bridgehead atoms. The van der Waals surface area contributed by atoms with Crippen molar-refractivity contribution in [1.82, 2.24) is 0 Å². The van der Waals surface area contributed by atoms with E-state index in [-0.39, 0.29) is 37.5 Å². The van der Waals surface area contributed by atoms with Crippen molar-refractivity contribution in [1.29, 1.82) is 0 Å². The Labute approximate surface area is 438 Å². The molecule has 0 aromatic heterocycles. The van der Waals surface area contributed by atoms with Gasteiger partial charge in [-0.15, -0.1) is 0 Å². The molecule has 0 radical (unpaired) electrons. The number of carbonyl (C=O) groups excluding carboxylic acids is 3. The first-order valence-corrected chi connectivity index (χ1v) is 29.7. The first kappa shape index (κ1) is 67.3. The van der Waals surface area contributed by atoms with Crippen LogP contribution >= 0.6 is 0 Å². The van der Waals surface area contributed by atoms with Crippen molar-refractivity contribution in [3.8, 4) is 0 Å². The van der Waals surface area contributed by atoms with E-state index in [9.17, 15) is 14.4 Å². The summed E-state index contributed by atoms with van der Waals surface area (Å²) in [6.45, 7) is 6.46. The summed E-state index contributed by atoms with van der Waals surface area (Å²) in [5.74, 6) is -0.964. The Hall–Kier alpha value is -3.67. The van der Waals surface area contributed by atoms with Gasteiger partial charge in [0.15, 0.2) is 6.10 Å². The van der Waals surface area contributed by atoms with Crippen molar-refractivity contribution in [2.24, 2.45) is 0 Å². The highest BCUT2D eigenvalue weighted by molar-refractivity contribution is 5.71. The van der Waals surface area contributed by atoms with Crippen LogP contribution in [0.25, 0.3) is 0 Å². The van der Waals surface area contributed by atoms with Crippen molar-refractivity contribution >= 4 is 17.9 Å². The average molecular weight is 988 g/mol. The molecule has 6 heteroatoms. The average Bonchev–Trinajstić information content (AvgIpc) is 3.37. The molecule has 0 fully saturated rings. The first-order chi connectivity index (χ1) is 35.0. The number of hydrogen-bond acceptors (Lipinski definition) is 6. The lowest BCUT2D eigenvalue weighted by molar-refractivity contribution is -0.167. The van der Waals surface area contributed by atoms with Gasteiger partial charge >= 0.3 is 17.9 Å². The van der Waals surface area contributed by atoms with Gasteiger partial charge in [-0.25, -0.2) is 0 Å². The summed E-state index contributed by atoms with van der Waals surface area (Å²) in [5.41, 5.74) is 0. The third-order valence-electron chi connectivity index (χ3n) is 12.5. The van der Waals surface area contributed by atoms with Gasteiger partial charge in [0.2, 0.25) is 0 Å². The maximum Gasteiger partial charge on any atom is 0.306 e. The van der Waals surface area contributed by atoms with Crippen LogP contribution in [-0.2, 0) is 28.6 Å². The van der Waals surface area contributed by atoms with Gasteiger partial charge in [0.1, 0.15) is 13.2 Å². The van der Waals surface area contributed by atoms with Crippen LogP contribution in [0.5, 0.6) is 0 Å². The molecule has 0 N–H and O–H groups in total. The van der Waals surface area contributed by atoms with Crippen LogP contribution in [0.1, 0.15) is 278 Å². The second kappa shape index (κ2) is 58.9. The molecule has 0 aromatic rings. The first-order valence-electron chi connectivity index (χ1n) is 29.7. The molecule has 6 nitrogen and oxygen atoms in total. The van der Waals surface area contributed by atoms with Gasteiger partial charge in [-0.2, -0.15) is 0 Å². The quantitative estimate of drug-likeness (QED) is 0.0261. The van der Waals surface area contributed by atoms with Crippen LogP contribution in [0.2, 0.25) is 0 Å². The van der Waals surface area contributed by atoms with Crippen LogP contribution in [0.15, 0.2) is 97.2 Å². The van der Waals surface area contributed by atoms with Gasteiger partial charge < -0.3 is 14.2 Å². The highest BCUT2D eigenvalue weighted by Crippen LogP contribution is 2.15. The van der Waals surface area contributed by atoms with Crippen LogP contribution in [0.3, 0.4) is 0 Å². The zero-order valence-electron chi connectivity index (χ0n) is 46.5. The number of unbranched alkanes of at least 4 members (excludes halogenated alkanes) is 26. The Morgan fingerprint density at radius 1 is 0.296 bits per heavy atom. The summed E-state index contributed by atoms with van der Waals surface area (Å²) in [7, 11) is 0. The maximum atomic E-state index is 12.9. The molecule has 0 aliphatic heterocycles. The molecule has 0 spiro atoms. The van der Waals surface area contributed by atoms with Crippen LogP contribution in [-0.4, -0.2) is 37.2 Å². The van der Waals surface area contributed by atoms with E-state index >= 15 is 0 Å². The van der Waals surface area contributed by atoms with Crippen molar-refractivity contribution in [3.05, 3.63) is 97.2 Å². The normalized spacial score (nSPS) is 12.8. The van der Waals surface area contributed by atoms with E-state index in [0.717, 1.165) is 89.9 Å². The number of ether oxygens (including phenoxy) is 3. The second-order valence-electron chi connectivity index (χ2n) is 19.5. The zero-order chi connectivity index (χ0) is 51.4. The minimum Gasteiger partial charge on any atom is -0.462 e. The van der Waals surface area contributed by atoms with Crippen LogP contribution < -0.4 is 0 Å². The number of rotatable bonds is 53. The fourth-order valence-electron chi connectivity index (χ4n) is 8.09. The van der Waals surface area contributed by atoms with Gasteiger partial charge in [-0.3, -0.25) is 14.4 Å². The topological polar surface area (TPSA) is 78.9 Å². The van der Waals surface area contributed by atoms with E-state index in [2.05, 4.69) is 118 Å². The summed E-state index contributed by atoms with van der Waals surface area (Å²) >= 11 is 0. The lowest BCUT2D eigenvalue weighted by atomic mass is 10.1. The molecular weight excluding hydrogens is 877 g/mol. The Balaban J connectivity index is 4.47. The summed E-state index contributed by atoms with van der Waals surface area (Å²) in [6, 6.07) is 0. The molecular formula is C65H110O6. The number of hydrogen-bond donors (Lipinski definition) is 0. The smallest absolute Gasteiger partial charge is 0.306 e. The number of allylic oxidation sites excluding steroid dienone is 16. The van der Waals surface area contributed by atoms with E-state index in [1.54, 1.807) is 0 Å². The zero-order valence-corrected chi connectivity index (χ0v) is 46.5. The molecule has 0 aliphatic rings.